The number of rotatable bonds is 4. The van der Waals surface area contributed by atoms with E-state index < -0.39 is 0 Å². The van der Waals surface area contributed by atoms with Gasteiger partial charge in [-0.25, -0.2) is 0 Å². The minimum absolute atomic E-state index is 0.230. The molecule has 0 aromatic carbocycles. The Kier molecular flexibility index (Phi) is 4.37. The van der Waals surface area contributed by atoms with Crippen molar-refractivity contribution in [2.75, 3.05) is 18.1 Å². The molecular formula is C15H25NO2S. The smallest absolute Gasteiger partial charge is 0.220 e. The molecule has 3 aliphatic rings. The van der Waals surface area contributed by atoms with Crippen LogP contribution in [0.4, 0.5) is 0 Å². The van der Waals surface area contributed by atoms with Gasteiger partial charge in [0.2, 0.25) is 5.91 Å². The molecule has 0 aromatic rings. The van der Waals surface area contributed by atoms with Crippen molar-refractivity contribution in [3.05, 3.63) is 0 Å². The molecule has 2 N–H and O–H groups in total. The van der Waals surface area contributed by atoms with Crippen LogP contribution in [0.5, 0.6) is 0 Å². The topological polar surface area (TPSA) is 49.3 Å². The molecule has 0 radical (unpaired) electrons. The Morgan fingerprint density at radius 3 is 2.63 bits per heavy atom. The normalized spacial score (nSPS) is 38.6. The fraction of sp³-hybridized carbons (Fsp3) is 0.933. The molecule has 0 aromatic heterocycles. The molecule has 1 saturated heterocycles. The van der Waals surface area contributed by atoms with Crippen LogP contribution < -0.4 is 5.32 Å². The van der Waals surface area contributed by atoms with Crippen LogP contribution in [0.3, 0.4) is 0 Å². The molecular weight excluding hydrogens is 258 g/mol. The summed E-state index contributed by atoms with van der Waals surface area (Å²) < 4.78 is 0. The zero-order valence-electron chi connectivity index (χ0n) is 11.5. The number of hydrogen-bond donors (Lipinski definition) is 2. The van der Waals surface area contributed by atoms with Gasteiger partial charge in [-0.15, -0.1) is 0 Å². The molecule has 4 atom stereocenters. The molecule has 0 spiro atoms. The first-order valence-corrected chi connectivity index (χ1v) is 8.91. The molecule has 2 saturated carbocycles. The summed E-state index contributed by atoms with van der Waals surface area (Å²) in [5.41, 5.74) is 0. The van der Waals surface area contributed by atoms with Crippen molar-refractivity contribution in [2.45, 2.75) is 44.6 Å². The minimum Gasteiger partial charge on any atom is -0.396 e. The zero-order chi connectivity index (χ0) is 13.2. The van der Waals surface area contributed by atoms with Crippen LogP contribution in [0.1, 0.15) is 38.5 Å². The number of aliphatic hydroxyl groups excluding tert-OH is 1. The second-order valence-corrected chi connectivity index (χ2v) is 7.76. The molecule has 4 unspecified atom stereocenters. The number of aliphatic hydroxyl groups is 1. The summed E-state index contributed by atoms with van der Waals surface area (Å²) in [6, 6.07) is 0.259. The van der Waals surface area contributed by atoms with Gasteiger partial charge >= 0.3 is 0 Å². The van der Waals surface area contributed by atoms with Crippen molar-refractivity contribution in [3.63, 3.8) is 0 Å². The molecule has 3 fully saturated rings. The van der Waals surface area contributed by atoms with E-state index in [0.29, 0.717) is 30.1 Å². The van der Waals surface area contributed by atoms with Crippen LogP contribution in [0.25, 0.3) is 0 Å². The highest BCUT2D eigenvalue weighted by atomic mass is 32.2. The number of hydrogen-bond acceptors (Lipinski definition) is 3. The van der Waals surface area contributed by atoms with Crippen molar-refractivity contribution in [1.29, 1.82) is 0 Å². The summed E-state index contributed by atoms with van der Waals surface area (Å²) in [4.78, 5) is 12.2. The highest BCUT2D eigenvalue weighted by molar-refractivity contribution is 7.99. The van der Waals surface area contributed by atoms with E-state index in [1.165, 1.54) is 43.6 Å². The predicted molar refractivity (Wildman–Crippen MR) is 78.0 cm³/mol. The highest BCUT2D eigenvalue weighted by Crippen LogP contribution is 2.48. The van der Waals surface area contributed by atoms with E-state index in [1.54, 1.807) is 0 Å². The maximum absolute atomic E-state index is 12.2. The van der Waals surface area contributed by atoms with Crippen LogP contribution in [-0.2, 0) is 4.79 Å². The Hall–Kier alpha value is -0.220. The first kappa shape index (κ1) is 13.7. The van der Waals surface area contributed by atoms with Gasteiger partial charge in [-0.2, -0.15) is 11.8 Å². The Balaban J connectivity index is 1.51. The first-order chi connectivity index (χ1) is 9.28. The Morgan fingerprint density at radius 2 is 1.89 bits per heavy atom. The molecule has 108 valence electrons. The lowest BCUT2D eigenvalue weighted by Gasteiger charge is -2.31. The summed E-state index contributed by atoms with van der Waals surface area (Å²) >= 11 is 2.01. The Labute approximate surface area is 119 Å². The molecule has 1 amide bonds. The quantitative estimate of drug-likeness (QED) is 0.830. The fourth-order valence-electron chi connectivity index (χ4n) is 4.36. The van der Waals surface area contributed by atoms with Crippen molar-refractivity contribution in [3.8, 4) is 0 Å². The van der Waals surface area contributed by atoms with Gasteiger partial charge in [-0.05, 0) is 61.4 Å². The largest absolute Gasteiger partial charge is 0.396 e. The van der Waals surface area contributed by atoms with Gasteiger partial charge in [0, 0.05) is 25.0 Å². The van der Waals surface area contributed by atoms with Gasteiger partial charge in [0.25, 0.3) is 0 Å². The van der Waals surface area contributed by atoms with Gasteiger partial charge in [0.1, 0.15) is 0 Å². The molecule has 19 heavy (non-hydrogen) atoms. The second kappa shape index (κ2) is 6.04. The fourth-order valence-corrected chi connectivity index (χ4v) is 5.56. The number of nitrogens with one attached hydrogen (secondary N) is 1. The van der Waals surface area contributed by atoms with E-state index >= 15 is 0 Å². The molecule has 1 heterocycles. The van der Waals surface area contributed by atoms with E-state index in [9.17, 15) is 9.90 Å². The molecule has 1 aliphatic heterocycles. The van der Waals surface area contributed by atoms with E-state index in [2.05, 4.69) is 5.32 Å². The third kappa shape index (κ3) is 2.94. The number of carbonyl (C=O) groups is 1. The summed E-state index contributed by atoms with van der Waals surface area (Å²) in [7, 11) is 0. The lowest BCUT2D eigenvalue weighted by Crippen LogP contribution is -2.45. The molecule has 2 aliphatic carbocycles. The summed E-state index contributed by atoms with van der Waals surface area (Å²) in [6.45, 7) is 0.242. The maximum Gasteiger partial charge on any atom is 0.220 e. The lowest BCUT2D eigenvalue weighted by molar-refractivity contribution is -0.123. The first-order valence-electron chi connectivity index (χ1n) is 7.76. The van der Waals surface area contributed by atoms with E-state index in [4.69, 9.17) is 0 Å². The van der Waals surface area contributed by atoms with Gasteiger partial charge in [-0.3, -0.25) is 4.79 Å². The third-order valence-corrected chi connectivity index (χ3v) is 6.49. The van der Waals surface area contributed by atoms with E-state index in [0.717, 1.165) is 0 Å². The van der Waals surface area contributed by atoms with Gasteiger partial charge in [0.15, 0.2) is 0 Å². The van der Waals surface area contributed by atoms with Crippen molar-refractivity contribution >= 4 is 17.7 Å². The summed E-state index contributed by atoms with van der Waals surface area (Å²) in [5.74, 6) is 4.86. The van der Waals surface area contributed by atoms with Gasteiger partial charge in [0.05, 0.1) is 0 Å². The number of fused-ring (bicyclic) bond motifs is 2. The molecule has 2 bridgehead atoms. The van der Waals surface area contributed by atoms with Crippen LogP contribution in [0.15, 0.2) is 0 Å². The lowest BCUT2D eigenvalue weighted by atomic mass is 9.84. The van der Waals surface area contributed by atoms with E-state index in [-0.39, 0.29) is 18.6 Å². The van der Waals surface area contributed by atoms with Crippen molar-refractivity contribution in [2.24, 2.45) is 23.7 Å². The number of amides is 1. The summed E-state index contributed by atoms with van der Waals surface area (Å²) in [5, 5.41) is 12.8. The third-order valence-electron chi connectivity index (χ3n) is 5.44. The van der Waals surface area contributed by atoms with Crippen LogP contribution in [0, 0.1) is 23.7 Å². The SMILES string of the molecule is O=C(CC1CCSCC1)NC1C2CCC(C2)C1CO. The zero-order valence-corrected chi connectivity index (χ0v) is 12.3. The van der Waals surface area contributed by atoms with Gasteiger partial charge < -0.3 is 10.4 Å². The Morgan fingerprint density at radius 1 is 1.16 bits per heavy atom. The maximum atomic E-state index is 12.2. The number of thioether (sulfide) groups is 1. The standard InChI is InChI=1S/C15H25NO2S/c17-9-13-11-1-2-12(8-11)15(13)16-14(18)7-10-3-5-19-6-4-10/h10-13,15,17H,1-9H2,(H,16,18). The highest BCUT2D eigenvalue weighted by Gasteiger charge is 2.47. The van der Waals surface area contributed by atoms with E-state index in [1.807, 2.05) is 11.8 Å². The minimum atomic E-state index is 0.230. The van der Waals surface area contributed by atoms with Crippen LogP contribution in [-0.4, -0.2) is 35.2 Å². The van der Waals surface area contributed by atoms with Crippen molar-refractivity contribution < 1.29 is 9.90 Å². The van der Waals surface area contributed by atoms with Crippen LogP contribution >= 0.6 is 11.8 Å². The van der Waals surface area contributed by atoms with Crippen LogP contribution in [0.2, 0.25) is 0 Å². The average Bonchev–Trinajstić information content (AvgIpc) is 3.00. The second-order valence-electron chi connectivity index (χ2n) is 6.53. The van der Waals surface area contributed by atoms with Gasteiger partial charge in [-0.1, -0.05) is 0 Å². The monoisotopic (exact) mass is 283 g/mol. The molecule has 4 heteroatoms. The van der Waals surface area contributed by atoms with Crippen molar-refractivity contribution in [1.82, 2.24) is 5.32 Å². The summed E-state index contributed by atoms with van der Waals surface area (Å²) in [6.07, 6.45) is 6.80. The molecule has 3 rings (SSSR count). The predicted octanol–water partition coefficient (Wildman–Crippen LogP) is 2.04. The molecule has 3 nitrogen and oxygen atoms in total. The number of carbonyl (C=O) groups excluding carboxylic acids is 1. The Bertz CT molecular complexity index is 330. The average molecular weight is 283 g/mol.